The van der Waals surface area contributed by atoms with Crippen molar-refractivity contribution in [2.45, 2.75) is 19.1 Å². The Bertz CT molecular complexity index is 655. The third kappa shape index (κ3) is 3.77. The van der Waals surface area contributed by atoms with Gasteiger partial charge in [-0.2, -0.15) is 0 Å². The van der Waals surface area contributed by atoms with Gasteiger partial charge in [0.2, 0.25) is 5.88 Å². The molecule has 3 heterocycles. The molecule has 1 N–H and O–H groups in total. The molecule has 1 atom stereocenters. The summed E-state index contributed by atoms with van der Waals surface area (Å²) in [6, 6.07) is 5.69. The summed E-state index contributed by atoms with van der Waals surface area (Å²) in [5.74, 6) is 2.38. The Morgan fingerprint density at radius 3 is 3.09 bits per heavy atom. The van der Waals surface area contributed by atoms with Crippen LogP contribution in [0.4, 0.5) is 0 Å². The van der Waals surface area contributed by atoms with Crippen molar-refractivity contribution in [3.63, 3.8) is 0 Å². The molecule has 3 rings (SSSR count). The fourth-order valence-corrected chi connectivity index (χ4v) is 2.56. The molecule has 23 heavy (non-hydrogen) atoms. The van der Waals surface area contributed by atoms with Gasteiger partial charge in [0.1, 0.15) is 12.4 Å². The number of nitrogens with one attached hydrogen (secondary N) is 1. The van der Waals surface area contributed by atoms with Crippen LogP contribution in [0, 0.1) is 0 Å². The molecular weight excluding hydrogens is 294 g/mol. The van der Waals surface area contributed by atoms with Gasteiger partial charge in [-0.25, -0.2) is 4.98 Å². The van der Waals surface area contributed by atoms with E-state index in [0.29, 0.717) is 12.4 Å². The Labute approximate surface area is 135 Å². The van der Waals surface area contributed by atoms with Crippen LogP contribution in [0.1, 0.15) is 12.2 Å². The van der Waals surface area contributed by atoms with E-state index in [9.17, 15) is 0 Å². The van der Waals surface area contributed by atoms with Crippen LogP contribution in [0.3, 0.4) is 0 Å². The molecule has 0 bridgehead atoms. The maximum atomic E-state index is 5.91. The zero-order valence-electron chi connectivity index (χ0n) is 13.4. The van der Waals surface area contributed by atoms with E-state index in [0.717, 1.165) is 31.3 Å². The number of aryl methyl sites for hydroxylation is 1. The molecule has 2 aromatic rings. The van der Waals surface area contributed by atoms with Crippen LogP contribution < -0.4 is 10.1 Å². The minimum absolute atomic E-state index is 0.123. The number of nitrogens with zero attached hydrogens (tertiary/aromatic N) is 6. The van der Waals surface area contributed by atoms with Crippen LogP contribution in [-0.2, 0) is 13.6 Å². The van der Waals surface area contributed by atoms with Crippen LogP contribution in [0.5, 0.6) is 5.88 Å². The zero-order valence-corrected chi connectivity index (χ0v) is 13.4. The summed E-state index contributed by atoms with van der Waals surface area (Å²) in [6.07, 6.45) is 4.50. The molecule has 0 saturated carbocycles. The second-order valence-corrected chi connectivity index (χ2v) is 5.40. The van der Waals surface area contributed by atoms with E-state index in [2.05, 4.69) is 30.4 Å². The third-order valence-electron chi connectivity index (χ3n) is 3.79. The number of guanidine groups is 1. The lowest BCUT2D eigenvalue weighted by Gasteiger charge is -2.21. The maximum Gasteiger partial charge on any atom is 0.213 e. The highest BCUT2D eigenvalue weighted by Crippen LogP contribution is 2.16. The van der Waals surface area contributed by atoms with Crippen LogP contribution in [0.25, 0.3) is 0 Å². The molecule has 0 aliphatic carbocycles. The van der Waals surface area contributed by atoms with E-state index in [-0.39, 0.29) is 6.10 Å². The summed E-state index contributed by atoms with van der Waals surface area (Å²) in [7, 11) is 3.71. The van der Waals surface area contributed by atoms with Crippen LogP contribution in [-0.4, -0.2) is 56.8 Å². The summed E-state index contributed by atoms with van der Waals surface area (Å²) in [4.78, 5) is 10.7. The first-order chi connectivity index (χ1) is 11.3. The fourth-order valence-electron chi connectivity index (χ4n) is 2.56. The molecule has 0 spiro atoms. The number of hydrogen-bond acceptors (Lipinski definition) is 5. The Hall–Kier alpha value is -2.64. The highest BCUT2D eigenvalue weighted by Gasteiger charge is 2.26. The van der Waals surface area contributed by atoms with E-state index in [1.807, 2.05) is 29.8 Å². The minimum atomic E-state index is 0.123. The predicted molar refractivity (Wildman–Crippen MR) is 86.0 cm³/mol. The Kier molecular flexibility index (Phi) is 4.70. The van der Waals surface area contributed by atoms with Crippen molar-refractivity contribution in [2.75, 3.05) is 20.1 Å². The van der Waals surface area contributed by atoms with Gasteiger partial charge in [-0.05, 0) is 6.07 Å². The first kappa shape index (κ1) is 15.3. The highest BCUT2D eigenvalue weighted by molar-refractivity contribution is 5.80. The Balaban J connectivity index is 1.53. The zero-order chi connectivity index (χ0) is 16.1. The van der Waals surface area contributed by atoms with Crippen molar-refractivity contribution >= 4 is 5.96 Å². The number of aromatic nitrogens is 4. The van der Waals surface area contributed by atoms with Crippen molar-refractivity contribution in [1.29, 1.82) is 0 Å². The fraction of sp³-hybridized carbons (Fsp3) is 0.467. The molecule has 1 fully saturated rings. The predicted octanol–water partition coefficient (Wildman–Crippen LogP) is 0.439. The van der Waals surface area contributed by atoms with E-state index in [1.54, 1.807) is 19.6 Å². The van der Waals surface area contributed by atoms with Crippen molar-refractivity contribution in [3.8, 4) is 5.88 Å². The Morgan fingerprint density at radius 2 is 2.39 bits per heavy atom. The largest absolute Gasteiger partial charge is 0.472 e. The third-order valence-corrected chi connectivity index (χ3v) is 3.79. The van der Waals surface area contributed by atoms with Crippen molar-refractivity contribution < 1.29 is 4.74 Å². The number of hydrogen-bond donors (Lipinski definition) is 1. The van der Waals surface area contributed by atoms with Crippen molar-refractivity contribution in [3.05, 3.63) is 36.5 Å². The molecule has 0 amide bonds. The molecule has 8 heteroatoms. The maximum absolute atomic E-state index is 5.91. The topological polar surface area (TPSA) is 80.5 Å². The van der Waals surface area contributed by atoms with Gasteiger partial charge in [-0.3, -0.25) is 4.99 Å². The number of ether oxygens (including phenoxy) is 1. The van der Waals surface area contributed by atoms with Gasteiger partial charge in [0.05, 0.1) is 13.1 Å². The molecule has 0 aromatic carbocycles. The molecule has 1 aliphatic rings. The van der Waals surface area contributed by atoms with Crippen molar-refractivity contribution in [1.82, 2.24) is 30.0 Å². The standard InChI is InChI=1S/C15H21N7O/c1-16-15(18-9-13-20-19-11-21(13)2)22-8-6-12(10-22)23-14-5-3-4-7-17-14/h3-5,7,11-12H,6,8-10H2,1-2H3,(H,16,18). The first-order valence-electron chi connectivity index (χ1n) is 7.62. The lowest BCUT2D eigenvalue weighted by molar-refractivity contribution is 0.205. The van der Waals surface area contributed by atoms with Gasteiger partial charge in [0, 0.05) is 39.3 Å². The smallest absolute Gasteiger partial charge is 0.213 e. The average Bonchev–Trinajstić information content (AvgIpc) is 3.19. The van der Waals surface area contributed by atoms with E-state index in [4.69, 9.17) is 4.74 Å². The minimum Gasteiger partial charge on any atom is -0.472 e. The molecule has 122 valence electrons. The van der Waals surface area contributed by atoms with E-state index >= 15 is 0 Å². The van der Waals surface area contributed by atoms with Gasteiger partial charge in [-0.1, -0.05) is 6.07 Å². The summed E-state index contributed by atoms with van der Waals surface area (Å²) in [5, 5.41) is 11.3. The molecular formula is C15H21N7O. The van der Waals surface area contributed by atoms with Crippen LogP contribution in [0.2, 0.25) is 0 Å². The van der Waals surface area contributed by atoms with Gasteiger partial charge in [0.25, 0.3) is 0 Å². The normalized spacial score (nSPS) is 18.3. The van der Waals surface area contributed by atoms with E-state index < -0.39 is 0 Å². The monoisotopic (exact) mass is 315 g/mol. The van der Waals surface area contributed by atoms with Gasteiger partial charge >= 0.3 is 0 Å². The van der Waals surface area contributed by atoms with Gasteiger partial charge < -0.3 is 19.5 Å². The SMILES string of the molecule is CN=C(NCc1nncn1C)N1CCC(Oc2ccccn2)C1. The lowest BCUT2D eigenvalue weighted by Crippen LogP contribution is -2.40. The van der Waals surface area contributed by atoms with E-state index in [1.165, 1.54) is 0 Å². The number of aliphatic imine (C=N–C) groups is 1. The summed E-state index contributed by atoms with van der Waals surface area (Å²) >= 11 is 0. The first-order valence-corrected chi connectivity index (χ1v) is 7.62. The second-order valence-electron chi connectivity index (χ2n) is 5.40. The quantitative estimate of drug-likeness (QED) is 0.651. The summed E-state index contributed by atoms with van der Waals surface area (Å²) in [6.45, 7) is 2.27. The van der Waals surface area contributed by atoms with Crippen LogP contribution in [0.15, 0.2) is 35.7 Å². The van der Waals surface area contributed by atoms with Crippen molar-refractivity contribution in [2.24, 2.45) is 12.0 Å². The molecule has 8 nitrogen and oxygen atoms in total. The molecule has 2 aromatic heterocycles. The number of likely N-dealkylation sites (tertiary alicyclic amines) is 1. The highest BCUT2D eigenvalue weighted by atomic mass is 16.5. The summed E-state index contributed by atoms with van der Waals surface area (Å²) < 4.78 is 7.79. The Morgan fingerprint density at radius 1 is 1.48 bits per heavy atom. The summed E-state index contributed by atoms with van der Waals surface area (Å²) in [5.41, 5.74) is 0. The second kappa shape index (κ2) is 7.08. The van der Waals surface area contributed by atoms with Crippen LogP contribution >= 0.6 is 0 Å². The number of rotatable bonds is 4. The molecule has 1 saturated heterocycles. The number of pyridine rings is 1. The molecule has 1 aliphatic heterocycles. The van der Waals surface area contributed by atoms with Gasteiger partial charge in [0.15, 0.2) is 11.8 Å². The molecule has 0 radical (unpaired) electrons. The average molecular weight is 315 g/mol. The molecule has 1 unspecified atom stereocenters. The lowest BCUT2D eigenvalue weighted by atomic mass is 10.3. The van der Waals surface area contributed by atoms with Gasteiger partial charge in [-0.15, -0.1) is 10.2 Å².